The summed E-state index contributed by atoms with van der Waals surface area (Å²) in [5.74, 6) is -0.173. The van der Waals surface area contributed by atoms with E-state index in [-0.39, 0.29) is 16.9 Å². The summed E-state index contributed by atoms with van der Waals surface area (Å²) >= 11 is 6.01. The molecule has 0 radical (unpaired) electrons. The van der Waals surface area contributed by atoms with Crippen molar-refractivity contribution in [1.29, 1.82) is 0 Å². The molecule has 0 spiro atoms. The summed E-state index contributed by atoms with van der Waals surface area (Å²) in [6.07, 6.45) is 3.02. The number of piperidine rings is 1. The molecule has 7 nitrogen and oxygen atoms in total. The van der Waals surface area contributed by atoms with Crippen molar-refractivity contribution < 1.29 is 17.9 Å². The number of sulfonamides is 1. The quantitative estimate of drug-likeness (QED) is 0.636. The summed E-state index contributed by atoms with van der Waals surface area (Å²) in [6, 6.07) is 12.4. The van der Waals surface area contributed by atoms with Crippen LogP contribution in [0.15, 0.2) is 47.4 Å². The minimum Gasteiger partial charge on any atom is -0.371 e. The van der Waals surface area contributed by atoms with Gasteiger partial charge in [0.15, 0.2) is 0 Å². The number of hydrogen-bond donors (Lipinski definition) is 0. The van der Waals surface area contributed by atoms with E-state index in [2.05, 4.69) is 4.90 Å². The van der Waals surface area contributed by atoms with Gasteiger partial charge in [-0.15, -0.1) is 0 Å². The SMILES string of the molecule is CN(C)S(=O)(=O)c1ccc(N2CCCCC2)c(C(=O)N2CCOC(c3ccc(Cl)cc3)C2)c1. The number of amides is 1. The molecule has 1 amide bonds. The van der Waals surface area contributed by atoms with E-state index in [4.69, 9.17) is 16.3 Å². The zero-order valence-corrected chi connectivity index (χ0v) is 20.6. The van der Waals surface area contributed by atoms with Crippen LogP contribution in [0.4, 0.5) is 5.69 Å². The van der Waals surface area contributed by atoms with Gasteiger partial charge in [-0.25, -0.2) is 12.7 Å². The Morgan fingerprint density at radius 3 is 2.39 bits per heavy atom. The summed E-state index contributed by atoms with van der Waals surface area (Å²) in [4.78, 5) is 17.8. The van der Waals surface area contributed by atoms with E-state index in [0.29, 0.717) is 30.3 Å². The van der Waals surface area contributed by atoms with Crippen molar-refractivity contribution in [3.63, 3.8) is 0 Å². The molecule has 9 heteroatoms. The molecule has 4 rings (SSSR count). The molecular formula is C24H30ClN3O4S. The number of rotatable bonds is 5. The Morgan fingerprint density at radius 2 is 1.73 bits per heavy atom. The molecule has 2 aliphatic heterocycles. The first-order valence-electron chi connectivity index (χ1n) is 11.3. The van der Waals surface area contributed by atoms with Gasteiger partial charge in [-0.3, -0.25) is 4.79 Å². The minimum absolute atomic E-state index is 0.124. The highest BCUT2D eigenvalue weighted by Gasteiger charge is 2.30. The van der Waals surface area contributed by atoms with E-state index in [9.17, 15) is 13.2 Å². The third-order valence-corrected chi connectivity index (χ3v) is 8.33. The van der Waals surface area contributed by atoms with Crippen molar-refractivity contribution >= 4 is 33.2 Å². The first kappa shape index (κ1) is 24.0. The third kappa shape index (κ3) is 5.19. The van der Waals surface area contributed by atoms with E-state index in [1.807, 2.05) is 24.3 Å². The van der Waals surface area contributed by atoms with Gasteiger partial charge in [0, 0.05) is 44.4 Å². The molecule has 2 aliphatic rings. The van der Waals surface area contributed by atoms with Crippen molar-refractivity contribution in [3.05, 3.63) is 58.6 Å². The Hall–Kier alpha value is -2.13. The number of morpholine rings is 1. The normalized spacial score (nSPS) is 19.7. The van der Waals surface area contributed by atoms with Crippen molar-refractivity contribution in [2.75, 3.05) is 51.8 Å². The van der Waals surface area contributed by atoms with Gasteiger partial charge in [-0.05, 0) is 55.2 Å². The van der Waals surface area contributed by atoms with Gasteiger partial charge in [0.05, 0.1) is 23.6 Å². The Morgan fingerprint density at radius 1 is 1.03 bits per heavy atom. The number of nitrogens with zero attached hydrogens (tertiary/aromatic N) is 3. The monoisotopic (exact) mass is 491 g/mol. The molecule has 2 heterocycles. The predicted octanol–water partition coefficient (Wildman–Crippen LogP) is 3.79. The Balaban J connectivity index is 1.67. The first-order valence-corrected chi connectivity index (χ1v) is 13.1. The van der Waals surface area contributed by atoms with Crippen LogP contribution in [0.1, 0.15) is 41.3 Å². The van der Waals surface area contributed by atoms with Crippen molar-refractivity contribution in [1.82, 2.24) is 9.21 Å². The van der Waals surface area contributed by atoms with Crippen LogP contribution in [0.5, 0.6) is 0 Å². The van der Waals surface area contributed by atoms with Crippen LogP contribution in [0.3, 0.4) is 0 Å². The Bertz CT molecular complexity index is 1100. The lowest BCUT2D eigenvalue weighted by Gasteiger charge is -2.35. The topological polar surface area (TPSA) is 70.2 Å². The van der Waals surface area contributed by atoms with Gasteiger partial charge in [-0.2, -0.15) is 0 Å². The molecule has 0 N–H and O–H groups in total. The number of hydrogen-bond acceptors (Lipinski definition) is 5. The highest BCUT2D eigenvalue weighted by molar-refractivity contribution is 7.89. The molecule has 0 aromatic heterocycles. The van der Waals surface area contributed by atoms with Crippen LogP contribution in [0.2, 0.25) is 5.02 Å². The lowest BCUT2D eigenvalue weighted by atomic mass is 10.0. The highest BCUT2D eigenvalue weighted by atomic mass is 35.5. The molecule has 2 fully saturated rings. The number of carbonyl (C=O) groups is 1. The second-order valence-corrected chi connectivity index (χ2v) is 11.3. The molecule has 33 heavy (non-hydrogen) atoms. The van der Waals surface area contributed by atoms with Crippen LogP contribution in [-0.4, -0.2) is 70.4 Å². The second kappa shape index (κ2) is 10.0. The van der Waals surface area contributed by atoms with E-state index in [0.717, 1.165) is 37.2 Å². The Labute approximate surface area is 200 Å². The summed E-state index contributed by atoms with van der Waals surface area (Å²) < 4.78 is 32.7. The van der Waals surface area contributed by atoms with E-state index >= 15 is 0 Å². The van der Waals surface area contributed by atoms with Crippen LogP contribution in [0, 0.1) is 0 Å². The van der Waals surface area contributed by atoms with Gasteiger partial charge >= 0.3 is 0 Å². The maximum atomic E-state index is 13.8. The zero-order chi connectivity index (χ0) is 23.6. The fourth-order valence-electron chi connectivity index (χ4n) is 4.35. The van der Waals surface area contributed by atoms with Crippen molar-refractivity contribution in [3.8, 4) is 0 Å². The smallest absolute Gasteiger partial charge is 0.256 e. The van der Waals surface area contributed by atoms with Gasteiger partial charge in [0.25, 0.3) is 5.91 Å². The fraction of sp³-hybridized carbons (Fsp3) is 0.458. The Kier molecular flexibility index (Phi) is 7.28. The second-order valence-electron chi connectivity index (χ2n) is 8.68. The molecule has 2 aromatic rings. The van der Waals surface area contributed by atoms with E-state index < -0.39 is 10.0 Å². The van der Waals surface area contributed by atoms with Gasteiger partial charge in [0.2, 0.25) is 10.0 Å². The fourth-order valence-corrected chi connectivity index (χ4v) is 5.41. The van der Waals surface area contributed by atoms with Crippen LogP contribution in [-0.2, 0) is 14.8 Å². The molecule has 2 aromatic carbocycles. The maximum Gasteiger partial charge on any atom is 0.256 e. The summed E-state index contributed by atoms with van der Waals surface area (Å²) in [7, 11) is -0.674. The van der Waals surface area contributed by atoms with Gasteiger partial charge < -0.3 is 14.5 Å². The number of anilines is 1. The van der Waals surface area contributed by atoms with E-state index in [1.54, 1.807) is 17.0 Å². The standard InChI is InChI=1S/C24H30ClN3O4S/c1-26(2)33(30,31)20-10-11-22(27-12-4-3-5-13-27)21(16-20)24(29)28-14-15-32-23(17-28)18-6-8-19(25)9-7-18/h6-11,16,23H,3-5,12-15,17H2,1-2H3. The zero-order valence-electron chi connectivity index (χ0n) is 19.0. The molecule has 0 saturated carbocycles. The van der Waals surface area contributed by atoms with Crippen molar-refractivity contribution in [2.24, 2.45) is 0 Å². The molecule has 0 bridgehead atoms. The number of ether oxygens (including phenoxy) is 1. The molecule has 2 saturated heterocycles. The number of benzene rings is 2. The molecule has 0 aliphatic carbocycles. The van der Waals surface area contributed by atoms with Gasteiger partial charge in [-0.1, -0.05) is 23.7 Å². The molecule has 1 atom stereocenters. The third-order valence-electron chi connectivity index (χ3n) is 6.27. The van der Waals surface area contributed by atoms with Crippen LogP contribution >= 0.6 is 11.6 Å². The highest BCUT2D eigenvalue weighted by Crippen LogP contribution is 2.31. The molecule has 178 valence electrons. The average molecular weight is 492 g/mol. The lowest BCUT2D eigenvalue weighted by Crippen LogP contribution is -2.43. The van der Waals surface area contributed by atoms with Crippen LogP contribution < -0.4 is 4.90 Å². The summed E-state index contributed by atoms with van der Waals surface area (Å²) in [6.45, 7) is 2.97. The summed E-state index contributed by atoms with van der Waals surface area (Å²) in [5, 5.41) is 0.646. The molecular weight excluding hydrogens is 462 g/mol. The number of halogens is 1. The maximum absolute atomic E-state index is 13.8. The lowest BCUT2D eigenvalue weighted by molar-refractivity contribution is -0.0228. The van der Waals surface area contributed by atoms with E-state index in [1.165, 1.54) is 30.9 Å². The van der Waals surface area contributed by atoms with Gasteiger partial charge in [0.1, 0.15) is 6.10 Å². The first-order chi connectivity index (χ1) is 15.8. The predicted molar refractivity (Wildman–Crippen MR) is 129 cm³/mol. The van der Waals surface area contributed by atoms with Crippen molar-refractivity contribution in [2.45, 2.75) is 30.3 Å². The number of carbonyl (C=O) groups excluding carboxylic acids is 1. The average Bonchev–Trinajstić information content (AvgIpc) is 2.84. The largest absolute Gasteiger partial charge is 0.371 e. The van der Waals surface area contributed by atoms with Crippen LogP contribution in [0.25, 0.3) is 0 Å². The molecule has 1 unspecified atom stereocenters. The minimum atomic E-state index is -3.66. The summed E-state index contributed by atoms with van der Waals surface area (Å²) in [5.41, 5.74) is 2.18.